The standard InChI is InChI=1S/C13H12N2OS/c1-8-4-2-5-9-11(8)13(16)15-12(14-9)10-6-3-7-17-10/h2-7,12,14H,1H3,(H,15,16). The van der Waals surface area contributed by atoms with E-state index in [1.54, 1.807) is 11.3 Å². The molecule has 2 aromatic rings. The molecule has 1 aliphatic heterocycles. The Kier molecular flexibility index (Phi) is 2.37. The van der Waals surface area contributed by atoms with Gasteiger partial charge in [-0.2, -0.15) is 0 Å². The lowest BCUT2D eigenvalue weighted by Crippen LogP contribution is -2.38. The van der Waals surface area contributed by atoms with E-state index in [0.717, 1.165) is 21.7 Å². The van der Waals surface area contributed by atoms with Gasteiger partial charge in [0.1, 0.15) is 6.17 Å². The minimum atomic E-state index is -0.114. The summed E-state index contributed by atoms with van der Waals surface area (Å²) in [6.45, 7) is 1.95. The predicted octanol–water partition coefficient (Wildman–Crippen LogP) is 2.91. The maximum atomic E-state index is 12.1. The van der Waals surface area contributed by atoms with Crippen LogP contribution in [-0.4, -0.2) is 5.91 Å². The van der Waals surface area contributed by atoms with Gasteiger partial charge in [-0.05, 0) is 30.0 Å². The monoisotopic (exact) mass is 244 g/mol. The summed E-state index contributed by atoms with van der Waals surface area (Å²) in [5.74, 6) is -0.00440. The Morgan fingerprint density at radius 2 is 2.06 bits per heavy atom. The summed E-state index contributed by atoms with van der Waals surface area (Å²) in [5, 5.41) is 8.33. The largest absolute Gasteiger partial charge is 0.360 e. The van der Waals surface area contributed by atoms with Crippen molar-refractivity contribution >= 4 is 22.9 Å². The van der Waals surface area contributed by atoms with Crippen LogP contribution in [0.15, 0.2) is 35.7 Å². The fraction of sp³-hybridized carbons (Fsp3) is 0.154. The average Bonchev–Trinajstić information content (AvgIpc) is 2.81. The lowest BCUT2D eigenvalue weighted by atomic mass is 10.0. The van der Waals surface area contributed by atoms with Gasteiger partial charge in [-0.15, -0.1) is 11.3 Å². The molecule has 1 aliphatic rings. The first kappa shape index (κ1) is 10.4. The van der Waals surface area contributed by atoms with Crippen molar-refractivity contribution in [3.8, 4) is 0 Å². The molecular weight excluding hydrogens is 232 g/mol. The summed E-state index contributed by atoms with van der Waals surface area (Å²) >= 11 is 1.63. The normalized spacial score (nSPS) is 18.2. The van der Waals surface area contributed by atoms with Crippen LogP contribution in [0.2, 0.25) is 0 Å². The summed E-state index contributed by atoms with van der Waals surface area (Å²) in [4.78, 5) is 13.2. The van der Waals surface area contributed by atoms with Crippen LogP contribution in [-0.2, 0) is 0 Å². The molecule has 0 saturated carbocycles. The zero-order valence-electron chi connectivity index (χ0n) is 9.36. The fourth-order valence-electron chi connectivity index (χ4n) is 2.08. The van der Waals surface area contributed by atoms with Crippen molar-refractivity contribution in [3.63, 3.8) is 0 Å². The van der Waals surface area contributed by atoms with Gasteiger partial charge >= 0.3 is 0 Å². The Hall–Kier alpha value is -1.81. The molecule has 2 N–H and O–H groups in total. The highest BCUT2D eigenvalue weighted by Gasteiger charge is 2.25. The number of benzene rings is 1. The molecule has 1 aromatic heterocycles. The van der Waals surface area contributed by atoms with Crippen molar-refractivity contribution in [2.45, 2.75) is 13.1 Å². The van der Waals surface area contributed by atoms with Crippen LogP contribution in [0.3, 0.4) is 0 Å². The number of nitrogens with one attached hydrogen (secondary N) is 2. The van der Waals surface area contributed by atoms with E-state index in [0.29, 0.717) is 0 Å². The second-order valence-electron chi connectivity index (χ2n) is 4.06. The van der Waals surface area contributed by atoms with E-state index >= 15 is 0 Å². The number of hydrogen-bond donors (Lipinski definition) is 2. The first-order valence-electron chi connectivity index (χ1n) is 5.46. The molecule has 0 radical (unpaired) electrons. The summed E-state index contributed by atoms with van der Waals surface area (Å²) in [5.41, 5.74) is 2.66. The average molecular weight is 244 g/mol. The minimum Gasteiger partial charge on any atom is -0.360 e. The van der Waals surface area contributed by atoms with E-state index in [4.69, 9.17) is 0 Å². The number of carbonyl (C=O) groups is 1. The Morgan fingerprint density at radius 3 is 2.82 bits per heavy atom. The van der Waals surface area contributed by atoms with E-state index in [9.17, 15) is 4.79 Å². The predicted molar refractivity (Wildman–Crippen MR) is 69.3 cm³/mol. The van der Waals surface area contributed by atoms with Gasteiger partial charge < -0.3 is 10.6 Å². The number of rotatable bonds is 1. The Labute approximate surface area is 103 Å². The first-order valence-corrected chi connectivity index (χ1v) is 6.34. The molecule has 1 unspecified atom stereocenters. The zero-order chi connectivity index (χ0) is 11.8. The fourth-order valence-corrected chi connectivity index (χ4v) is 2.81. The first-order chi connectivity index (χ1) is 8.25. The lowest BCUT2D eigenvalue weighted by Gasteiger charge is -2.28. The number of aryl methyl sites for hydroxylation is 1. The van der Waals surface area contributed by atoms with Gasteiger partial charge in [0.25, 0.3) is 5.91 Å². The second kappa shape index (κ2) is 3.89. The molecule has 86 valence electrons. The highest BCUT2D eigenvalue weighted by molar-refractivity contribution is 7.10. The maximum Gasteiger partial charge on any atom is 0.255 e. The summed E-state index contributed by atoms with van der Waals surface area (Å²) in [6.07, 6.45) is -0.114. The SMILES string of the molecule is Cc1cccc2c1C(=O)NC(c1cccs1)N2. The van der Waals surface area contributed by atoms with Crippen LogP contribution in [0, 0.1) is 6.92 Å². The van der Waals surface area contributed by atoms with E-state index in [2.05, 4.69) is 10.6 Å². The van der Waals surface area contributed by atoms with Gasteiger partial charge in [-0.1, -0.05) is 18.2 Å². The molecule has 1 aromatic carbocycles. The van der Waals surface area contributed by atoms with Gasteiger partial charge in [0.15, 0.2) is 0 Å². The molecule has 4 heteroatoms. The number of anilines is 1. The number of fused-ring (bicyclic) bond motifs is 1. The molecule has 0 aliphatic carbocycles. The molecule has 2 heterocycles. The summed E-state index contributed by atoms with van der Waals surface area (Å²) in [7, 11) is 0. The minimum absolute atomic E-state index is 0.00440. The molecule has 1 atom stereocenters. The Bertz CT molecular complexity index is 563. The quantitative estimate of drug-likeness (QED) is 0.809. The van der Waals surface area contributed by atoms with Crippen LogP contribution in [0.5, 0.6) is 0 Å². The molecule has 17 heavy (non-hydrogen) atoms. The van der Waals surface area contributed by atoms with Crippen molar-refractivity contribution in [3.05, 3.63) is 51.7 Å². The third-order valence-electron chi connectivity index (χ3n) is 2.90. The molecule has 3 nitrogen and oxygen atoms in total. The topological polar surface area (TPSA) is 41.1 Å². The van der Waals surface area contributed by atoms with E-state index in [1.165, 1.54) is 0 Å². The van der Waals surface area contributed by atoms with Crippen LogP contribution in [0.25, 0.3) is 0 Å². The van der Waals surface area contributed by atoms with E-state index in [-0.39, 0.29) is 12.1 Å². The van der Waals surface area contributed by atoms with Crippen LogP contribution < -0.4 is 10.6 Å². The second-order valence-corrected chi connectivity index (χ2v) is 5.04. The van der Waals surface area contributed by atoms with Crippen molar-refractivity contribution in [2.75, 3.05) is 5.32 Å². The maximum absolute atomic E-state index is 12.1. The molecule has 1 amide bonds. The smallest absolute Gasteiger partial charge is 0.255 e. The number of carbonyl (C=O) groups excluding carboxylic acids is 1. The van der Waals surface area contributed by atoms with Crippen molar-refractivity contribution in [1.29, 1.82) is 0 Å². The highest BCUT2D eigenvalue weighted by atomic mass is 32.1. The molecule has 0 bridgehead atoms. The summed E-state index contributed by atoms with van der Waals surface area (Å²) in [6, 6.07) is 9.86. The molecule has 0 spiro atoms. The molecule has 0 fully saturated rings. The third kappa shape index (κ3) is 1.70. The van der Waals surface area contributed by atoms with Gasteiger partial charge in [-0.3, -0.25) is 4.79 Å². The lowest BCUT2D eigenvalue weighted by molar-refractivity contribution is 0.0935. The van der Waals surface area contributed by atoms with E-state index < -0.39 is 0 Å². The van der Waals surface area contributed by atoms with E-state index in [1.807, 2.05) is 42.6 Å². The highest BCUT2D eigenvalue weighted by Crippen LogP contribution is 2.29. The zero-order valence-corrected chi connectivity index (χ0v) is 10.2. The van der Waals surface area contributed by atoms with Gasteiger partial charge in [0.05, 0.1) is 5.56 Å². The van der Waals surface area contributed by atoms with Crippen molar-refractivity contribution in [2.24, 2.45) is 0 Å². The van der Waals surface area contributed by atoms with Gasteiger partial charge in [-0.25, -0.2) is 0 Å². The van der Waals surface area contributed by atoms with Crippen LogP contribution >= 0.6 is 11.3 Å². The summed E-state index contributed by atoms with van der Waals surface area (Å²) < 4.78 is 0. The Morgan fingerprint density at radius 1 is 1.18 bits per heavy atom. The van der Waals surface area contributed by atoms with Crippen LogP contribution in [0.4, 0.5) is 5.69 Å². The molecular formula is C13H12N2OS. The molecule has 3 rings (SSSR count). The number of amides is 1. The van der Waals surface area contributed by atoms with Crippen LogP contribution in [0.1, 0.15) is 27.0 Å². The molecule has 0 saturated heterocycles. The van der Waals surface area contributed by atoms with Gasteiger partial charge in [0, 0.05) is 10.6 Å². The number of hydrogen-bond acceptors (Lipinski definition) is 3. The van der Waals surface area contributed by atoms with Gasteiger partial charge in [0.2, 0.25) is 0 Å². The number of thiophene rings is 1. The van der Waals surface area contributed by atoms with Crippen molar-refractivity contribution in [1.82, 2.24) is 5.32 Å². The Balaban J connectivity index is 2.02. The van der Waals surface area contributed by atoms with Crippen molar-refractivity contribution < 1.29 is 4.79 Å². The third-order valence-corrected chi connectivity index (χ3v) is 3.84.